The van der Waals surface area contributed by atoms with Crippen molar-refractivity contribution >= 4 is 5.91 Å². The van der Waals surface area contributed by atoms with Gasteiger partial charge in [0.2, 0.25) is 5.91 Å². The largest absolute Gasteiger partial charge is 0.350 e. The third-order valence-corrected chi connectivity index (χ3v) is 4.48. The maximum absolute atomic E-state index is 12.1. The Labute approximate surface area is 116 Å². The second-order valence-corrected chi connectivity index (χ2v) is 6.63. The van der Waals surface area contributed by atoms with E-state index in [0.29, 0.717) is 6.04 Å². The van der Waals surface area contributed by atoms with Gasteiger partial charge in [0.15, 0.2) is 0 Å². The number of nitrogens with one attached hydrogen (secondary N) is 2. The summed E-state index contributed by atoms with van der Waals surface area (Å²) in [6.45, 7) is 5.11. The monoisotopic (exact) mass is 267 g/mol. The summed E-state index contributed by atoms with van der Waals surface area (Å²) in [4.78, 5) is 12.1. The summed E-state index contributed by atoms with van der Waals surface area (Å²) in [5.74, 6) is 1.10. The standard InChI is InChI=1S/C15H29N3O/c1-10(2)14(16)15(19)18-13-6-4-3-5-12(13)17-9-11-7-8-11/h10-14,17H,3-9,16H2,1-2H3,(H,18,19)/t12?,13-,14?/m0/s1. The van der Waals surface area contributed by atoms with Crippen LogP contribution in [0.2, 0.25) is 0 Å². The molecule has 0 spiro atoms. The molecular formula is C15H29N3O. The number of hydrogen-bond donors (Lipinski definition) is 3. The van der Waals surface area contributed by atoms with Crippen LogP contribution >= 0.6 is 0 Å². The lowest BCUT2D eigenvalue weighted by atomic mass is 9.89. The van der Waals surface area contributed by atoms with Gasteiger partial charge in [-0.05, 0) is 44.1 Å². The number of hydrogen-bond acceptors (Lipinski definition) is 3. The zero-order chi connectivity index (χ0) is 13.8. The predicted octanol–water partition coefficient (Wildman–Crippen LogP) is 1.40. The van der Waals surface area contributed by atoms with Crippen molar-refractivity contribution in [2.24, 2.45) is 17.6 Å². The predicted molar refractivity (Wildman–Crippen MR) is 77.7 cm³/mol. The molecule has 4 N–H and O–H groups in total. The smallest absolute Gasteiger partial charge is 0.237 e. The number of carbonyl (C=O) groups is 1. The number of rotatable bonds is 6. The first kappa shape index (κ1) is 14.8. The molecule has 0 aliphatic heterocycles. The van der Waals surface area contributed by atoms with E-state index in [1.165, 1.54) is 32.1 Å². The van der Waals surface area contributed by atoms with Crippen LogP contribution in [0.25, 0.3) is 0 Å². The van der Waals surface area contributed by atoms with Crippen molar-refractivity contribution in [2.45, 2.75) is 70.5 Å². The van der Waals surface area contributed by atoms with Crippen molar-refractivity contribution < 1.29 is 4.79 Å². The SMILES string of the molecule is CC(C)C(N)C(=O)N[C@H]1CCCCC1NCC1CC1. The summed E-state index contributed by atoms with van der Waals surface area (Å²) in [6.07, 6.45) is 7.48. The van der Waals surface area contributed by atoms with Gasteiger partial charge < -0.3 is 16.4 Å². The van der Waals surface area contributed by atoms with Crippen molar-refractivity contribution in [1.29, 1.82) is 0 Å². The molecular weight excluding hydrogens is 238 g/mol. The molecule has 0 saturated heterocycles. The third kappa shape index (κ3) is 4.46. The normalized spacial score (nSPS) is 29.3. The van der Waals surface area contributed by atoms with E-state index in [1.807, 2.05) is 13.8 Å². The van der Waals surface area contributed by atoms with E-state index in [-0.39, 0.29) is 23.9 Å². The topological polar surface area (TPSA) is 67.2 Å². The fourth-order valence-electron chi connectivity index (χ4n) is 2.77. The number of nitrogens with two attached hydrogens (primary N) is 1. The van der Waals surface area contributed by atoms with Gasteiger partial charge in [0.25, 0.3) is 0 Å². The summed E-state index contributed by atoms with van der Waals surface area (Å²) in [5, 5.41) is 6.82. The van der Waals surface area contributed by atoms with E-state index in [9.17, 15) is 4.79 Å². The zero-order valence-electron chi connectivity index (χ0n) is 12.3. The molecule has 2 aliphatic carbocycles. The Hall–Kier alpha value is -0.610. The fourth-order valence-corrected chi connectivity index (χ4v) is 2.77. The molecule has 2 saturated carbocycles. The van der Waals surface area contributed by atoms with Crippen LogP contribution < -0.4 is 16.4 Å². The lowest BCUT2D eigenvalue weighted by molar-refractivity contribution is -0.124. The summed E-state index contributed by atoms with van der Waals surface area (Å²) in [5.41, 5.74) is 5.92. The first-order valence-corrected chi connectivity index (χ1v) is 7.87. The van der Waals surface area contributed by atoms with E-state index < -0.39 is 0 Å². The molecule has 2 unspecified atom stereocenters. The first-order chi connectivity index (χ1) is 9.08. The molecule has 4 heteroatoms. The fraction of sp³-hybridized carbons (Fsp3) is 0.933. The molecule has 0 radical (unpaired) electrons. The van der Waals surface area contributed by atoms with Gasteiger partial charge in [0.1, 0.15) is 0 Å². The van der Waals surface area contributed by atoms with Crippen molar-refractivity contribution in [1.82, 2.24) is 10.6 Å². The molecule has 1 amide bonds. The van der Waals surface area contributed by atoms with Crippen LogP contribution in [0.15, 0.2) is 0 Å². The molecule has 19 heavy (non-hydrogen) atoms. The lowest BCUT2D eigenvalue weighted by Gasteiger charge is -2.34. The Bertz CT molecular complexity index is 302. The van der Waals surface area contributed by atoms with Gasteiger partial charge in [-0.25, -0.2) is 0 Å². The highest BCUT2D eigenvalue weighted by Gasteiger charge is 2.30. The number of amides is 1. The average Bonchev–Trinajstić information content (AvgIpc) is 3.20. The van der Waals surface area contributed by atoms with Gasteiger partial charge in [-0.3, -0.25) is 4.79 Å². The van der Waals surface area contributed by atoms with Crippen LogP contribution in [-0.4, -0.2) is 30.6 Å². The van der Waals surface area contributed by atoms with Crippen LogP contribution in [0, 0.1) is 11.8 Å². The summed E-state index contributed by atoms with van der Waals surface area (Å²) in [7, 11) is 0. The maximum atomic E-state index is 12.1. The van der Waals surface area contributed by atoms with Gasteiger partial charge in [-0.15, -0.1) is 0 Å². The summed E-state index contributed by atoms with van der Waals surface area (Å²) >= 11 is 0. The van der Waals surface area contributed by atoms with Crippen molar-refractivity contribution in [2.75, 3.05) is 6.54 Å². The minimum Gasteiger partial charge on any atom is -0.350 e. The van der Waals surface area contributed by atoms with Crippen LogP contribution in [0.1, 0.15) is 52.4 Å². The Morgan fingerprint density at radius 3 is 2.37 bits per heavy atom. The van der Waals surface area contributed by atoms with Crippen LogP contribution in [0.5, 0.6) is 0 Å². The highest BCUT2D eigenvalue weighted by molar-refractivity contribution is 5.82. The van der Waals surface area contributed by atoms with Crippen molar-refractivity contribution in [3.63, 3.8) is 0 Å². The van der Waals surface area contributed by atoms with Gasteiger partial charge in [-0.2, -0.15) is 0 Å². The molecule has 4 nitrogen and oxygen atoms in total. The number of carbonyl (C=O) groups excluding carboxylic acids is 1. The Morgan fingerprint density at radius 1 is 1.16 bits per heavy atom. The zero-order valence-corrected chi connectivity index (χ0v) is 12.3. The molecule has 2 rings (SSSR count). The van der Waals surface area contributed by atoms with E-state index >= 15 is 0 Å². The second-order valence-electron chi connectivity index (χ2n) is 6.63. The van der Waals surface area contributed by atoms with Crippen LogP contribution in [0.3, 0.4) is 0 Å². The molecule has 2 aliphatic rings. The molecule has 110 valence electrons. The Kier molecular flexibility index (Phi) is 5.22. The van der Waals surface area contributed by atoms with Crippen molar-refractivity contribution in [3.8, 4) is 0 Å². The molecule has 0 aromatic carbocycles. The quantitative estimate of drug-likeness (QED) is 0.681. The molecule has 0 aromatic rings. The molecule has 2 fully saturated rings. The molecule has 0 bridgehead atoms. The van der Waals surface area contributed by atoms with Gasteiger partial charge in [0.05, 0.1) is 6.04 Å². The molecule has 0 aromatic heterocycles. The lowest BCUT2D eigenvalue weighted by Crippen LogP contribution is -2.56. The Balaban J connectivity index is 1.81. The molecule has 0 heterocycles. The average molecular weight is 267 g/mol. The van der Waals surface area contributed by atoms with Gasteiger partial charge >= 0.3 is 0 Å². The van der Waals surface area contributed by atoms with Crippen LogP contribution in [-0.2, 0) is 4.79 Å². The Morgan fingerprint density at radius 2 is 1.79 bits per heavy atom. The van der Waals surface area contributed by atoms with Gasteiger partial charge in [0, 0.05) is 12.1 Å². The van der Waals surface area contributed by atoms with E-state index in [0.717, 1.165) is 18.9 Å². The molecule has 3 atom stereocenters. The highest BCUT2D eigenvalue weighted by Crippen LogP contribution is 2.28. The van der Waals surface area contributed by atoms with E-state index in [4.69, 9.17) is 5.73 Å². The van der Waals surface area contributed by atoms with Crippen LogP contribution in [0.4, 0.5) is 0 Å². The maximum Gasteiger partial charge on any atom is 0.237 e. The van der Waals surface area contributed by atoms with E-state index in [1.54, 1.807) is 0 Å². The summed E-state index contributed by atoms with van der Waals surface area (Å²) in [6, 6.07) is 0.327. The first-order valence-electron chi connectivity index (χ1n) is 7.87. The summed E-state index contributed by atoms with van der Waals surface area (Å²) < 4.78 is 0. The van der Waals surface area contributed by atoms with Crippen molar-refractivity contribution in [3.05, 3.63) is 0 Å². The third-order valence-electron chi connectivity index (χ3n) is 4.48. The highest BCUT2D eigenvalue weighted by atomic mass is 16.2. The second kappa shape index (κ2) is 6.71. The van der Waals surface area contributed by atoms with Gasteiger partial charge in [-0.1, -0.05) is 26.7 Å². The minimum atomic E-state index is -0.383. The minimum absolute atomic E-state index is 0.0140. The van der Waals surface area contributed by atoms with E-state index in [2.05, 4.69) is 10.6 Å².